The Labute approximate surface area is 96.8 Å². The molecule has 0 atom stereocenters. The number of nitrogens with two attached hydrogens (primary N) is 1. The number of aryl methyl sites for hydroxylation is 1. The van der Waals surface area contributed by atoms with Gasteiger partial charge in [0.1, 0.15) is 0 Å². The number of rotatable bonds is 3. The molecule has 3 rings (SSSR count). The van der Waals surface area contributed by atoms with Crippen molar-refractivity contribution in [1.82, 2.24) is 0 Å². The fourth-order valence-corrected chi connectivity index (χ4v) is 2.99. The van der Waals surface area contributed by atoms with Gasteiger partial charge in [0, 0.05) is 5.41 Å². The van der Waals surface area contributed by atoms with E-state index in [2.05, 4.69) is 31.2 Å². The third kappa shape index (κ3) is 1.20. The summed E-state index contributed by atoms with van der Waals surface area (Å²) >= 11 is 0. The van der Waals surface area contributed by atoms with Gasteiger partial charge in [-0.2, -0.15) is 0 Å². The van der Waals surface area contributed by atoms with Gasteiger partial charge in [0.05, 0.1) is 13.2 Å². The average molecular weight is 217 g/mol. The maximum atomic E-state index is 5.98. The monoisotopic (exact) mass is 217 g/mol. The van der Waals surface area contributed by atoms with Crippen LogP contribution in [-0.2, 0) is 10.2 Å². The van der Waals surface area contributed by atoms with Crippen molar-refractivity contribution in [3.63, 3.8) is 0 Å². The van der Waals surface area contributed by atoms with Gasteiger partial charge in [0.2, 0.25) is 0 Å². The smallest absolute Gasteiger partial charge is 0.0591 e. The van der Waals surface area contributed by atoms with Gasteiger partial charge >= 0.3 is 0 Å². The van der Waals surface area contributed by atoms with Gasteiger partial charge in [-0.25, -0.2) is 0 Å². The van der Waals surface area contributed by atoms with Crippen LogP contribution in [0.2, 0.25) is 0 Å². The van der Waals surface area contributed by atoms with Crippen LogP contribution in [-0.4, -0.2) is 19.8 Å². The summed E-state index contributed by atoms with van der Waals surface area (Å²) in [4.78, 5) is 0. The summed E-state index contributed by atoms with van der Waals surface area (Å²) in [5.74, 6) is 0. The second-order valence-electron chi connectivity index (χ2n) is 5.43. The Morgan fingerprint density at radius 2 is 1.81 bits per heavy atom. The summed E-state index contributed by atoms with van der Waals surface area (Å²) in [5.41, 5.74) is 9.27. The molecular formula is C14H19NO. The fourth-order valence-electron chi connectivity index (χ4n) is 2.99. The molecule has 1 aliphatic heterocycles. The number of hydrogen-bond donors (Lipinski definition) is 1. The maximum absolute atomic E-state index is 5.98. The van der Waals surface area contributed by atoms with Crippen LogP contribution in [0.3, 0.4) is 0 Å². The number of benzene rings is 1. The van der Waals surface area contributed by atoms with Crippen molar-refractivity contribution < 1.29 is 4.74 Å². The van der Waals surface area contributed by atoms with Crippen LogP contribution < -0.4 is 5.73 Å². The molecule has 0 bridgehead atoms. The lowest BCUT2D eigenvalue weighted by molar-refractivity contribution is -0.0972. The Bertz CT molecular complexity index is 388. The summed E-state index contributed by atoms with van der Waals surface area (Å²) in [7, 11) is 0. The number of ether oxygens (including phenoxy) is 1. The molecule has 2 nitrogen and oxygen atoms in total. The van der Waals surface area contributed by atoms with E-state index in [0.29, 0.717) is 5.41 Å². The zero-order valence-corrected chi connectivity index (χ0v) is 9.83. The topological polar surface area (TPSA) is 35.2 Å². The van der Waals surface area contributed by atoms with Gasteiger partial charge in [0.25, 0.3) is 0 Å². The SMILES string of the molecule is Cc1ccc(C2(C3(CN)CC3)COC2)cc1. The lowest BCUT2D eigenvalue weighted by Gasteiger charge is -2.48. The molecule has 0 aromatic heterocycles. The molecule has 1 heterocycles. The predicted molar refractivity (Wildman–Crippen MR) is 64.4 cm³/mol. The van der Waals surface area contributed by atoms with Gasteiger partial charge in [-0.05, 0) is 37.3 Å². The molecule has 1 saturated carbocycles. The van der Waals surface area contributed by atoms with Crippen LogP contribution in [0.15, 0.2) is 24.3 Å². The summed E-state index contributed by atoms with van der Waals surface area (Å²) in [5, 5.41) is 0. The van der Waals surface area contributed by atoms with E-state index >= 15 is 0 Å². The first-order chi connectivity index (χ1) is 7.72. The van der Waals surface area contributed by atoms with Gasteiger partial charge in [-0.15, -0.1) is 0 Å². The first-order valence-electron chi connectivity index (χ1n) is 6.07. The molecule has 1 saturated heterocycles. The van der Waals surface area contributed by atoms with Crippen LogP contribution in [0, 0.1) is 12.3 Å². The minimum Gasteiger partial charge on any atom is -0.379 e. The molecule has 0 spiro atoms. The molecule has 2 fully saturated rings. The third-order valence-corrected chi connectivity index (χ3v) is 4.56. The van der Waals surface area contributed by atoms with E-state index in [1.54, 1.807) is 0 Å². The average Bonchev–Trinajstić information content (AvgIpc) is 3.01. The highest BCUT2D eigenvalue weighted by atomic mass is 16.5. The zero-order chi connectivity index (χ0) is 11.2. The Balaban J connectivity index is 1.99. The largest absolute Gasteiger partial charge is 0.379 e. The van der Waals surface area contributed by atoms with E-state index < -0.39 is 0 Å². The van der Waals surface area contributed by atoms with Crippen molar-refractivity contribution in [2.45, 2.75) is 25.2 Å². The minimum absolute atomic E-state index is 0.218. The van der Waals surface area contributed by atoms with E-state index in [1.165, 1.54) is 24.0 Å². The Morgan fingerprint density at radius 1 is 1.19 bits per heavy atom. The van der Waals surface area contributed by atoms with E-state index in [-0.39, 0.29) is 5.41 Å². The summed E-state index contributed by atoms with van der Waals surface area (Å²) in [6, 6.07) is 8.91. The lowest BCUT2D eigenvalue weighted by Crippen LogP contribution is -2.55. The lowest BCUT2D eigenvalue weighted by atomic mass is 9.66. The molecular weight excluding hydrogens is 198 g/mol. The molecule has 0 unspecified atom stereocenters. The first-order valence-corrected chi connectivity index (χ1v) is 6.07. The van der Waals surface area contributed by atoms with Gasteiger partial charge in [-0.3, -0.25) is 0 Å². The van der Waals surface area contributed by atoms with Crippen LogP contribution in [0.4, 0.5) is 0 Å². The first kappa shape index (κ1) is 10.3. The van der Waals surface area contributed by atoms with Crippen molar-refractivity contribution >= 4 is 0 Å². The fraction of sp³-hybridized carbons (Fsp3) is 0.571. The zero-order valence-electron chi connectivity index (χ0n) is 9.83. The molecule has 0 amide bonds. The van der Waals surface area contributed by atoms with E-state index in [1.807, 2.05) is 0 Å². The Morgan fingerprint density at radius 3 is 2.19 bits per heavy atom. The normalized spacial score (nSPS) is 24.9. The van der Waals surface area contributed by atoms with Crippen molar-refractivity contribution in [2.24, 2.45) is 11.1 Å². The van der Waals surface area contributed by atoms with Crippen LogP contribution in [0.5, 0.6) is 0 Å². The van der Waals surface area contributed by atoms with Gasteiger partial charge in [-0.1, -0.05) is 29.8 Å². The second-order valence-corrected chi connectivity index (χ2v) is 5.43. The molecule has 86 valence electrons. The van der Waals surface area contributed by atoms with Crippen molar-refractivity contribution in [1.29, 1.82) is 0 Å². The molecule has 2 heteroatoms. The highest BCUT2D eigenvalue weighted by Gasteiger charge is 2.62. The van der Waals surface area contributed by atoms with Gasteiger partial charge < -0.3 is 10.5 Å². The number of hydrogen-bond acceptors (Lipinski definition) is 2. The molecule has 2 N–H and O–H groups in total. The van der Waals surface area contributed by atoms with E-state index in [9.17, 15) is 0 Å². The summed E-state index contributed by atoms with van der Waals surface area (Å²) in [6.07, 6.45) is 2.53. The van der Waals surface area contributed by atoms with Crippen molar-refractivity contribution in [2.75, 3.05) is 19.8 Å². The predicted octanol–water partition coefficient (Wildman–Crippen LogP) is 2.00. The summed E-state index contributed by atoms with van der Waals surface area (Å²) in [6.45, 7) is 4.63. The van der Waals surface area contributed by atoms with Crippen LogP contribution >= 0.6 is 0 Å². The highest BCUT2D eigenvalue weighted by molar-refractivity contribution is 5.36. The van der Waals surface area contributed by atoms with Crippen molar-refractivity contribution in [3.05, 3.63) is 35.4 Å². The molecule has 1 aliphatic carbocycles. The maximum Gasteiger partial charge on any atom is 0.0591 e. The molecule has 1 aromatic carbocycles. The third-order valence-electron chi connectivity index (χ3n) is 4.56. The van der Waals surface area contributed by atoms with Crippen molar-refractivity contribution in [3.8, 4) is 0 Å². The molecule has 16 heavy (non-hydrogen) atoms. The van der Waals surface area contributed by atoms with Crippen LogP contribution in [0.25, 0.3) is 0 Å². The van der Waals surface area contributed by atoms with Crippen LogP contribution in [0.1, 0.15) is 24.0 Å². The van der Waals surface area contributed by atoms with E-state index in [0.717, 1.165) is 19.8 Å². The highest BCUT2D eigenvalue weighted by Crippen LogP contribution is 2.61. The van der Waals surface area contributed by atoms with Gasteiger partial charge in [0.15, 0.2) is 0 Å². The Hall–Kier alpha value is -0.860. The summed E-state index contributed by atoms with van der Waals surface area (Å²) < 4.78 is 5.50. The minimum atomic E-state index is 0.218. The molecule has 0 radical (unpaired) electrons. The standard InChI is InChI=1S/C14H19NO/c1-11-2-4-12(5-3-11)14(9-16-10-14)13(8-15)6-7-13/h2-5H,6-10,15H2,1H3. The molecule has 1 aromatic rings. The molecule has 2 aliphatic rings. The second kappa shape index (κ2) is 3.31. The Kier molecular flexibility index (Phi) is 2.13. The quantitative estimate of drug-likeness (QED) is 0.840. The van der Waals surface area contributed by atoms with E-state index in [4.69, 9.17) is 10.5 Å².